The molecule has 1 aliphatic rings. The molecule has 4 rings (SSSR count). The van der Waals surface area contributed by atoms with Gasteiger partial charge in [-0.05, 0) is 50.1 Å². The van der Waals surface area contributed by atoms with E-state index in [-0.39, 0.29) is 12.5 Å². The van der Waals surface area contributed by atoms with Crippen molar-refractivity contribution in [2.75, 3.05) is 18.5 Å². The minimum absolute atomic E-state index is 0.0675. The zero-order valence-electron chi connectivity index (χ0n) is 16.6. The fourth-order valence-electron chi connectivity index (χ4n) is 3.49. The largest absolute Gasteiger partial charge is 0.494 e. The van der Waals surface area contributed by atoms with Gasteiger partial charge in [0.1, 0.15) is 17.3 Å². The summed E-state index contributed by atoms with van der Waals surface area (Å²) in [5.41, 5.74) is 2.55. The Bertz CT molecular complexity index is 956. The molecule has 0 radical (unpaired) electrons. The first-order chi connectivity index (χ1) is 14.2. The highest BCUT2D eigenvalue weighted by molar-refractivity contribution is 5.95. The van der Waals surface area contributed by atoms with E-state index in [1.165, 1.54) is 12.8 Å². The monoisotopic (exact) mass is 391 g/mol. The summed E-state index contributed by atoms with van der Waals surface area (Å²) in [6.07, 6.45) is 5.45. The Balaban J connectivity index is 1.41. The van der Waals surface area contributed by atoms with Gasteiger partial charge in [-0.1, -0.05) is 18.2 Å². The summed E-state index contributed by atoms with van der Waals surface area (Å²) in [6.45, 7) is 3.49. The van der Waals surface area contributed by atoms with E-state index in [1.54, 1.807) is 12.1 Å². The van der Waals surface area contributed by atoms with Crippen LogP contribution in [0.3, 0.4) is 0 Å². The molecule has 1 amide bonds. The Kier molecular flexibility index (Phi) is 5.79. The molecule has 0 fully saturated rings. The van der Waals surface area contributed by atoms with Crippen molar-refractivity contribution in [2.45, 2.75) is 32.7 Å². The fourth-order valence-corrected chi connectivity index (χ4v) is 3.49. The van der Waals surface area contributed by atoms with Crippen LogP contribution in [0.4, 0.5) is 5.69 Å². The Morgan fingerprint density at radius 2 is 1.83 bits per heavy atom. The molecule has 1 aromatic heterocycles. The summed E-state index contributed by atoms with van der Waals surface area (Å²) in [5, 5.41) is 2.95. The number of anilines is 1. The third-order valence-corrected chi connectivity index (χ3v) is 4.89. The quantitative estimate of drug-likeness (QED) is 0.652. The number of carbonyl (C=O) groups is 1. The van der Waals surface area contributed by atoms with Gasteiger partial charge in [0, 0.05) is 24.7 Å². The molecule has 6 nitrogen and oxygen atoms in total. The van der Waals surface area contributed by atoms with E-state index in [4.69, 9.17) is 14.5 Å². The molecule has 0 atom stereocenters. The zero-order valence-corrected chi connectivity index (χ0v) is 16.6. The highest BCUT2D eigenvalue weighted by Gasteiger charge is 2.16. The van der Waals surface area contributed by atoms with Crippen LogP contribution in [-0.2, 0) is 17.8 Å². The van der Waals surface area contributed by atoms with Crippen molar-refractivity contribution in [1.29, 1.82) is 0 Å². The molecule has 29 heavy (non-hydrogen) atoms. The lowest BCUT2D eigenvalue weighted by atomic mass is 10.1. The first-order valence-corrected chi connectivity index (χ1v) is 10.0. The van der Waals surface area contributed by atoms with Crippen molar-refractivity contribution >= 4 is 11.6 Å². The number of carbonyl (C=O) groups excluding carboxylic acids is 1. The standard InChI is InChI=1S/C23H25N3O3/c1-2-28-17-10-12-18(13-11-17)29-16-23(27)25-20-8-4-3-7-19(20)21-15-26-14-6-5-9-22(26)24-21/h3-4,7-8,10-13,15H,2,5-6,9,14,16H2,1H3,(H,25,27). The van der Waals surface area contributed by atoms with E-state index in [9.17, 15) is 4.79 Å². The van der Waals surface area contributed by atoms with Gasteiger partial charge in [0.05, 0.1) is 18.0 Å². The van der Waals surface area contributed by atoms with Gasteiger partial charge >= 0.3 is 0 Å². The predicted octanol–water partition coefficient (Wildman–Crippen LogP) is 4.30. The summed E-state index contributed by atoms with van der Waals surface area (Å²) in [5.74, 6) is 2.31. The maximum atomic E-state index is 12.4. The van der Waals surface area contributed by atoms with Crippen molar-refractivity contribution in [3.05, 3.63) is 60.6 Å². The molecule has 2 aromatic carbocycles. The number of para-hydroxylation sites is 1. The van der Waals surface area contributed by atoms with Crippen LogP contribution in [0.2, 0.25) is 0 Å². The number of aryl methyl sites for hydroxylation is 2. The van der Waals surface area contributed by atoms with Crippen molar-refractivity contribution in [3.8, 4) is 22.8 Å². The summed E-state index contributed by atoms with van der Waals surface area (Å²) in [6, 6.07) is 15.0. The first-order valence-electron chi connectivity index (χ1n) is 10.0. The number of rotatable bonds is 7. The number of benzene rings is 2. The van der Waals surface area contributed by atoms with Gasteiger partial charge < -0.3 is 19.4 Å². The number of nitrogens with zero attached hydrogens (tertiary/aromatic N) is 2. The lowest BCUT2D eigenvalue weighted by Crippen LogP contribution is -2.20. The van der Waals surface area contributed by atoms with Crippen LogP contribution < -0.4 is 14.8 Å². The van der Waals surface area contributed by atoms with E-state index in [0.29, 0.717) is 12.4 Å². The summed E-state index contributed by atoms with van der Waals surface area (Å²) >= 11 is 0. The molecule has 150 valence electrons. The number of aromatic nitrogens is 2. The van der Waals surface area contributed by atoms with E-state index in [1.807, 2.05) is 43.3 Å². The molecule has 1 aliphatic heterocycles. The van der Waals surface area contributed by atoms with E-state index >= 15 is 0 Å². The number of fused-ring (bicyclic) bond motifs is 1. The van der Waals surface area contributed by atoms with Crippen LogP contribution in [0, 0.1) is 0 Å². The number of amides is 1. The minimum Gasteiger partial charge on any atom is -0.494 e. The van der Waals surface area contributed by atoms with Crippen LogP contribution in [0.25, 0.3) is 11.3 Å². The number of hydrogen-bond donors (Lipinski definition) is 1. The fraction of sp³-hybridized carbons (Fsp3) is 0.304. The second kappa shape index (κ2) is 8.82. The number of nitrogens with one attached hydrogen (secondary N) is 1. The molecule has 0 spiro atoms. The summed E-state index contributed by atoms with van der Waals surface area (Å²) < 4.78 is 13.2. The Morgan fingerprint density at radius 1 is 1.07 bits per heavy atom. The second-order valence-electron chi connectivity index (χ2n) is 6.98. The minimum atomic E-state index is -0.213. The van der Waals surface area contributed by atoms with Crippen molar-refractivity contribution < 1.29 is 14.3 Å². The average Bonchev–Trinajstić information content (AvgIpc) is 3.18. The normalized spacial score (nSPS) is 12.9. The summed E-state index contributed by atoms with van der Waals surface area (Å²) in [4.78, 5) is 17.2. The van der Waals surface area contributed by atoms with Crippen LogP contribution in [0.1, 0.15) is 25.6 Å². The maximum absolute atomic E-state index is 12.4. The average molecular weight is 391 g/mol. The van der Waals surface area contributed by atoms with Crippen molar-refractivity contribution in [2.24, 2.45) is 0 Å². The molecule has 3 aromatic rings. The highest BCUT2D eigenvalue weighted by Crippen LogP contribution is 2.29. The van der Waals surface area contributed by atoms with Gasteiger partial charge in [-0.25, -0.2) is 4.98 Å². The van der Waals surface area contributed by atoms with E-state index in [0.717, 1.165) is 41.5 Å². The first kappa shape index (κ1) is 19.1. The topological polar surface area (TPSA) is 65.4 Å². The van der Waals surface area contributed by atoms with E-state index < -0.39 is 0 Å². The molecule has 0 bridgehead atoms. The summed E-state index contributed by atoms with van der Waals surface area (Å²) in [7, 11) is 0. The third-order valence-electron chi connectivity index (χ3n) is 4.89. The van der Waals surface area contributed by atoms with Crippen LogP contribution >= 0.6 is 0 Å². The lowest BCUT2D eigenvalue weighted by molar-refractivity contribution is -0.118. The number of hydrogen-bond acceptors (Lipinski definition) is 4. The molecule has 2 heterocycles. The van der Waals surface area contributed by atoms with Crippen molar-refractivity contribution in [3.63, 3.8) is 0 Å². The Labute approximate surface area is 170 Å². The zero-order chi connectivity index (χ0) is 20.1. The van der Waals surface area contributed by atoms with Gasteiger partial charge in [0.2, 0.25) is 0 Å². The second-order valence-corrected chi connectivity index (χ2v) is 6.98. The maximum Gasteiger partial charge on any atom is 0.262 e. The molecular weight excluding hydrogens is 366 g/mol. The Hall–Kier alpha value is -3.28. The molecular formula is C23H25N3O3. The van der Waals surface area contributed by atoms with Gasteiger partial charge in [0.15, 0.2) is 6.61 Å². The number of imidazole rings is 1. The van der Waals surface area contributed by atoms with E-state index in [2.05, 4.69) is 16.1 Å². The molecule has 6 heteroatoms. The SMILES string of the molecule is CCOc1ccc(OCC(=O)Nc2ccccc2-c2cn3c(n2)CCCC3)cc1. The molecule has 0 aliphatic carbocycles. The number of ether oxygens (including phenoxy) is 2. The van der Waals surface area contributed by atoms with Gasteiger partial charge in [-0.2, -0.15) is 0 Å². The predicted molar refractivity (Wildman–Crippen MR) is 112 cm³/mol. The highest BCUT2D eigenvalue weighted by atomic mass is 16.5. The van der Waals surface area contributed by atoms with Gasteiger partial charge in [0.25, 0.3) is 5.91 Å². The smallest absolute Gasteiger partial charge is 0.262 e. The molecule has 0 saturated carbocycles. The molecule has 1 N–H and O–H groups in total. The Morgan fingerprint density at radius 3 is 2.59 bits per heavy atom. The molecule has 0 unspecified atom stereocenters. The lowest BCUT2D eigenvalue weighted by Gasteiger charge is -2.11. The van der Waals surface area contributed by atoms with Crippen LogP contribution in [0.5, 0.6) is 11.5 Å². The van der Waals surface area contributed by atoms with Crippen LogP contribution in [0.15, 0.2) is 54.7 Å². The van der Waals surface area contributed by atoms with Crippen LogP contribution in [-0.4, -0.2) is 28.7 Å². The van der Waals surface area contributed by atoms with Crippen molar-refractivity contribution in [1.82, 2.24) is 9.55 Å². The molecule has 0 saturated heterocycles. The third kappa shape index (κ3) is 4.59. The van der Waals surface area contributed by atoms with Gasteiger partial charge in [-0.3, -0.25) is 4.79 Å². The van der Waals surface area contributed by atoms with Gasteiger partial charge in [-0.15, -0.1) is 0 Å².